The van der Waals surface area contributed by atoms with Gasteiger partial charge in [0.25, 0.3) is 0 Å². The molecule has 0 aliphatic heterocycles. The van der Waals surface area contributed by atoms with Gasteiger partial charge in [0.15, 0.2) is 17.0 Å². The highest BCUT2D eigenvalue weighted by molar-refractivity contribution is 5.83. The third-order valence-corrected chi connectivity index (χ3v) is 3.85. The van der Waals surface area contributed by atoms with Crippen LogP contribution < -0.4 is 4.90 Å². The van der Waals surface area contributed by atoms with Crippen molar-refractivity contribution in [3.8, 4) is 0 Å². The highest BCUT2D eigenvalue weighted by atomic mass is 19.3. The van der Waals surface area contributed by atoms with Crippen LogP contribution in [0.5, 0.6) is 0 Å². The number of nitrogens with zero attached hydrogens (tertiary/aromatic N) is 7. The molecule has 0 aliphatic rings. The molecule has 0 saturated heterocycles. The average Bonchev–Trinajstić information content (AvgIpc) is 3.23. The van der Waals surface area contributed by atoms with Gasteiger partial charge >= 0.3 is 6.55 Å². The van der Waals surface area contributed by atoms with Crippen LogP contribution in [0.1, 0.15) is 18.4 Å². The minimum atomic E-state index is -2.68. The van der Waals surface area contributed by atoms with E-state index in [-0.39, 0.29) is 25.6 Å². The average molecular weight is 353 g/mol. The molecule has 2 N–H and O–H groups in total. The zero-order valence-corrected chi connectivity index (χ0v) is 13.4. The molecule has 0 atom stereocenters. The molecule has 25 heavy (non-hydrogen) atoms. The Hall–Kier alpha value is -2.66. The van der Waals surface area contributed by atoms with E-state index in [1.54, 1.807) is 16.5 Å². The number of aliphatic hydroxyl groups excluding tert-OH is 2. The van der Waals surface area contributed by atoms with Crippen LogP contribution in [-0.4, -0.2) is 59.5 Å². The summed E-state index contributed by atoms with van der Waals surface area (Å²) >= 11 is 0. The molecule has 0 saturated carbocycles. The fourth-order valence-corrected chi connectivity index (χ4v) is 2.55. The number of aromatic nitrogens is 6. The molecule has 0 unspecified atom stereocenters. The molecular weight excluding hydrogens is 336 g/mol. The zero-order valence-electron chi connectivity index (χ0n) is 13.4. The number of aliphatic hydroxyl groups is 2. The Labute approximate surface area is 141 Å². The summed E-state index contributed by atoms with van der Waals surface area (Å²) in [4.78, 5) is 18.1. The fourth-order valence-electron chi connectivity index (χ4n) is 2.55. The first-order chi connectivity index (χ1) is 12.1. The Morgan fingerprint density at radius 3 is 2.56 bits per heavy atom. The number of fused-ring (bicyclic) bond motifs is 1. The summed E-state index contributed by atoms with van der Waals surface area (Å²) < 4.78 is 28.2. The Balaban J connectivity index is 1.94. The Kier molecular flexibility index (Phi) is 4.86. The smallest absolute Gasteiger partial charge is 0.319 e. The van der Waals surface area contributed by atoms with Gasteiger partial charge in [-0.15, -0.1) is 0 Å². The largest absolute Gasteiger partial charge is 0.394 e. The maximum absolute atomic E-state index is 13.0. The van der Waals surface area contributed by atoms with E-state index in [1.807, 2.05) is 0 Å². The zero-order chi connectivity index (χ0) is 18.0. The minimum absolute atomic E-state index is 0.0970. The lowest BCUT2D eigenvalue weighted by molar-refractivity contribution is 0.0670. The SMILES string of the molecule is CN(Cc1nccn1C(F)F)c1ncnc2c1ncn2C(CO)CO. The molecule has 9 nitrogen and oxygen atoms in total. The lowest BCUT2D eigenvalue weighted by atomic mass is 10.3. The molecule has 0 bridgehead atoms. The molecule has 3 aromatic rings. The van der Waals surface area contributed by atoms with Crippen molar-refractivity contribution in [1.29, 1.82) is 0 Å². The predicted octanol–water partition coefficient (Wildman–Crippen LogP) is 0.580. The Morgan fingerprint density at radius 2 is 1.88 bits per heavy atom. The quantitative estimate of drug-likeness (QED) is 0.640. The Bertz CT molecular complexity index is 847. The maximum Gasteiger partial charge on any atom is 0.319 e. The van der Waals surface area contributed by atoms with Crippen LogP contribution in [0.3, 0.4) is 0 Å². The second kappa shape index (κ2) is 7.07. The normalized spacial score (nSPS) is 11.8. The molecule has 3 rings (SSSR count). The van der Waals surface area contributed by atoms with Gasteiger partial charge in [-0.25, -0.2) is 19.9 Å². The van der Waals surface area contributed by atoms with Crippen LogP contribution in [0.15, 0.2) is 25.0 Å². The van der Waals surface area contributed by atoms with Gasteiger partial charge in [0, 0.05) is 19.4 Å². The highest BCUT2D eigenvalue weighted by Crippen LogP contribution is 2.24. The summed E-state index contributed by atoms with van der Waals surface area (Å²) in [7, 11) is 1.68. The number of imidazole rings is 2. The number of hydrogen-bond acceptors (Lipinski definition) is 7. The molecule has 0 amide bonds. The van der Waals surface area contributed by atoms with E-state index < -0.39 is 12.6 Å². The molecule has 0 radical (unpaired) electrons. The molecule has 3 aromatic heterocycles. The topological polar surface area (TPSA) is 105 Å². The first kappa shape index (κ1) is 17.2. The first-order valence-corrected chi connectivity index (χ1v) is 7.47. The summed E-state index contributed by atoms with van der Waals surface area (Å²) in [5.74, 6) is 0.620. The minimum Gasteiger partial charge on any atom is -0.394 e. The summed E-state index contributed by atoms with van der Waals surface area (Å²) in [6.07, 6.45) is 5.30. The number of hydrogen-bond donors (Lipinski definition) is 2. The molecule has 3 heterocycles. The van der Waals surface area contributed by atoms with Gasteiger partial charge in [-0.3, -0.25) is 4.57 Å². The van der Waals surface area contributed by atoms with Crippen molar-refractivity contribution >= 4 is 17.0 Å². The third-order valence-electron chi connectivity index (χ3n) is 3.85. The van der Waals surface area contributed by atoms with Gasteiger partial charge in [-0.05, 0) is 0 Å². The van der Waals surface area contributed by atoms with E-state index in [9.17, 15) is 19.0 Å². The predicted molar refractivity (Wildman–Crippen MR) is 84.1 cm³/mol. The van der Waals surface area contributed by atoms with Crippen molar-refractivity contribution in [3.63, 3.8) is 0 Å². The Morgan fingerprint density at radius 1 is 1.12 bits per heavy atom. The van der Waals surface area contributed by atoms with Gasteiger partial charge in [0.2, 0.25) is 0 Å². The number of halogens is 2. The van der Waals surface area contributed by atoms with Crippen LogP contribution in [-0.2, 0) is 6.54 Å². The van der Waals surface area contributed by atoms with Crippen molar-refractivity contribution in [2.75, 3.05) is 25.2 Å². The van der Waals surface area contributed by atoms with Crippen molar-refractivity contribution < 1.29 is 19.0 Å². The monoisotopic (exact) mass is 353 g/mol. The van der Waals surface area contributed by atoms with Crippen LogP contribution in [0, 0.1) is 0 Å². The summed E-state index contributed by atoms with van der Waals surface area (Å²) in [6, 6.07) is -0.573. The fraction of sp³-hybridized carbons (Fsp3) is 0.429. The van der Waals surface area contributed by atoms with Gasteiger partial charge in [-0.1, -0.05) is 0 Å². The van der Waals surface area contributed by atoms with Gasteiger partial charge in [0.05, 0.1) is 32.1 Å². The first-order valence-electron chi connectivity index (χ1n) is 7.47. The van der Waals surface area contributed by atoms with Crippen molar-refractivity contribution in [1.82, 2.24) is 29.1 Å². The summed E-state index contributed by atoms with van der Waals surface area (Å²) in [6.45, 7) is -3.13. The van der Waals surface area contributed by atoms with Crippen LogP contribution in [0.4, 0.5) is 14.6 Å². The second-order valence-corrected chi connectivity index (χ2v) is 5.42. The van der Waals surface area contributed by atoms with E-state index >= 15 is 0 Å². The third kappa shape index (κ3) is 3.15. The van der Waals surface area contributed by atoms with Crippen LogP contribution in [0.2, 0.25) is 0 Å². The lowest BCUT2D eigenvalue weighted by Gasteiger charge is -2.19. The number of anilines is 1. The summed E-state index contributed by atoms with van der Waals surface area (Å²) in [5.41, 5.74) is 0.870. The second-order valence-electron chi connectivity index (χ2n) is 5.42. The van der Waals surface area contributed by atoms with Gasteiger partial charge < -0.3 is 19.7 Å². The number of alkyl halides is 2. The molecule has 0 aromatic carbocycles. The number of rotatable bonds is 7. The van der Waals surface area contributed by atoms with E-state index in [2.05, 4.69) is 19.9 Å². The van der Waals surface area contributed by atoms with Crippen molar-refractivity contribution in [2.45, 2.75) is 19.1 Å². The standard InChI is InChI=1S/C14H17F2N7O2/c1-21(4-10-17-2-3-22(10)14(15)16)12-11-13(19-7-18-12)23(8-20-11)9(5-24)6-25/h2-3,7-9,14,24-25H,4-6H2,1H3. The highest BCUT2D eigenvalue weighted by Gasteiger charge is 2.19. The van der Waals surface area contributed by atoms with Gasteiger partial charge in [-0.2, -0.15) is 8.78 Å². The molecular formula is C14H17F2N7O2. The molecule has 134 valence electrons. The van der Waals surface area contributed by atoms with E-state index in [1.165, 1.54) is 25.0 Å². The van der Waals surface area contributed by atoms with E-state index in [0.717, 1.165) is 4.57 Å². The maximum atomic E-state index is 13.0. The van der Waals surface area contributed by atoms with Gasteiger partial charge in [0.1, 0.15) is 12.2 Å². The van der Waals surface area contributed by atoms with Crippen LogP contribution in [0.25, 0.3) is 11.2 Å². The van der Waals surface area contributed by atoms with Crippen LogP contribution >= 0.6 is 0 Å². The van der Waals surface area contributed by atoms with Crippen molar-refractivity contribution in [2.24, 2.45) is 0 Å². The summed E-state index contributed by atoms with van der Waals surface area (Å²) in [5, 5.41) is 18.7. The van der Waals surface area contributed by atoms with Crippen molar-refractivity contribution in [3.05, 3.63) is 30.9 Å². The molecule has 0 aliphatic carbocycles. The molecule has 11 heteroatoms. The van der Waals surface area contributed by atoms with E-state index in [4.69, 9.17) is 0 Å². The molecule has 0 spiro atoms. The van der Waals surface area contributed by atoms with E-state index in [0.29, 0.717) is 17.0 Å². The molecule has 0 fully saturated rings. The lowest BCUT2D eigenvalue weighted by Crippen LogP contribution is -2.21.